The Morgan fingerprint density at radius 3 is 0.838 bits per heavy atom. The molecule has 3 aliphatic heterocycles. The molecular formula is C75H140N6O24. The number of carbonyl (C=O) groups is 6. The highest BCUT2D eigenvalue weighted by Gasteiger charge is 2.50. The third kappa shape index (κ3) is 31.4. The van der Waals surface area contributed by atoms with Crippen molar-refractivity contribution in [2.75, 3.05) is 72.5 Å². The fourth-order valence-corrected chi connectivity index (χ4v) is 15.3. The average Bonchev–Trinajstić information content (AvgIpc) is 0.810. The second kappa shape index (κ2) is 39.8. The lowest BCUT2D eigenvalue weighted by Crippen LogP contribution is -2.64. The van der Waals surface area contributed by atoms with E-state index in [1.165, 1.54) is 20.8 Å². The van der Waals surface area contributed by atoms with Gasteiger partial charge in [0, 0.05) is 56.7 Å². The predicted octanol–water partition coefficient (Wildman–Crippen LogP) is 2.38. The molecule has 614 valence electrons. The van der Waals surface area contributed by atoms with Crippen molar-refractivity contribution in [3.8, 4) is 0 Å². The summed E-state index contributed by atoms with van der Waals surface area (Å²) in [5, 5.41) is 111. The quantitative estimate of drug-likeness (QED) is 0.0416. The smallest absolute Gasteiger partial charge is 0.225 e. The first-order chi connectivity index (χ1) is 47.9. The number of aliphatic hydroxyl groups is 9. The number of amides is 6. The van der Waals surface area contributed by atoms with Crippen LogP contribution in [0.25, 0.3) is 0 Å². The van der Waals surface area contributed by atoms with Gasteiger partial charge in [-0.15, -0.1) is 0 Å². The van der Waals surface area contributed by atoms with Gasteiger partial charge in [-0.05, 0) is 91.8 Å². The Bertz CT molecular complexity index is 2610. The zero-order valence-electron chi connectivity index (χ0n) is 67.6. The molecule has 0 aliphatic carbocycles. The van der Waals surface area contributed by atoms with Crippen LogP contribution in [0, 0.1) is 48.7 Å². The number of rotatable bonds is 44. The second-order valence-corrected chi connectivity index (χ2v) is 36.9. The fraction of sp³-hybridized carbons (Fsp3) is 0.920. The SMILES string of the molecule is CC(=O)NC1C(OCC(C)(C)CC(C)(C)CNC(=O)C(C)(C)CC(C)OCC(COC(C)CC(C)(C)C(=O)NCC(C)(C)CC(C)(C)COC2OC(CO)C(O)C(O)C2NC(C)=O)OC(C)CC(C)(C)C(=O)NCC(C)(C)CC(C)(C)COC2OC(CO)C(O)C(O)C2NC(C)=O)OC(CO)C(O)C1O. The Balaban J connectivity index is 1.73. The minimum absolute atomic E-state index is 0.0432. The van der Waals surface area contributed by atoms with Gasteiger partial charge in [-0.2, -0.15) is 0 Å². The summed E-state index contributed by atoms with van der Waals surface area (Å²) in [6, 6.07) is -3.28. The molecule has 0 saturated carbocycles. The number of nitrogens with one attached hydrogen (secondary N) is 6. The van der Waals surface area contributed by atoms with Gasteiger partial charge in [0.2, 0.25) is 35.4 Å². The molecule has 0 bridgehead atoms. The van der Waals surface area contributed by atoms with Crippen LogP contribution in [0.3, 0.4) is 0 Å². The summed E-state index contributed by atoms with van der Waals surface area (Å²) in [7, 11) is 0. The van der Waals surface area contributed by atoms with Crippen molar-refractivity contribution in [1.82, 2.24) is 31.9 Å². The lowest BCUT2D eigenvalue weighted by atomic mass is 9.75. The average molecular weight is 1510 g/mol. The fourth-order valence-electron chi connectivity index (χ4n) is 15.3. The number of hydrogen-bond donors (Lipinski definition) is 15. The molecule has 18 unspecified atom stereocenters. The van der Waals surface area contributed by atoms with E-state index in [1.54, 1.807) is 0 Å². The van der Waals surface area contributed by atoms with Crippen LogP contribution in [0.15, 0.2) is 0 Å². The van der Waals surface area contributed by atoms with E-state index >= 15 is 0 Å². The number of ether oxygens (including phenoxy) is 9. The van der Waals surface area contributed by atoms with E-state index in [9.17, 15) is 74.7 Å². The second-order valence-electron chi connectivity index (χ2n) is 36.9. The molecule has 3 fully saturated rings. The van der Waals surface area contributed by atoms with Gasteiger partial charge in [0.25, 0.3) is 0 Å². The van der Waals surface area contributed by atoms with E-state index in [-0.39, 0.29) is 57.2 Å². The molecule has 3 saturated heterocycles. The summed E-state index contributed by atoms with van der Waals surface area (Å²) >= 11 is 0. The molecule has 0 aromatic rings. The zero-order chi connectivity index (χ0) is 80.6. The Hall–Kier alpha value is -3.90. The first-order valence-electron chi connectivity index (χ1n) is 37.2. The summed E-state index contributed by atoms with van der Waals surface area (Å²) in [4.78, 5) is 78.5. The Morgan fingerprint density at radius 1 is 0.371 bits per heavy atom. The minimum Gasteiger partial charge on any atom is -0.394 e. The molecule has 3 rings (SSSR count). The van der Waals surface area contributed by atoms with Crippen LogP contribution in [0.2, 0.25) is 0 Å². The van der Waals surface area contributed by atoms with Gasteiger partial charge in [-0.3, -0.25) is 28.8 Å². The normalized spacial score (nSPS) is 27.5. The standard InChI is InChI=1S/C75H140N6O24/c1-42(25-73(19,20)64(94)76-36-67(7,8)33-70(13,14)39-99-61-52(79-45(4)85)58(91)55(88)49(28-82)103-61)97-31-48(102-44(3)27-75(23,24)66(96)78-38-69(11,12)35-72(17,18)41-101-63-54(81-47(6)87)60(93)57(90)51(30-84)105-63)32-98-43(2)26-74(21,22)65(95)77-37-68(9,10)34-71(15,16)40-100-62-53(80-46(5)86)59(92)56(89)50(29-83)104-62/h42-44,48-63,82-84,88-93H,25-41H2,1-24H3,(H,76,94)(H,77,95)(H,78,96)(H,79,85)(H,80,86)(H,81,87). The van der Waals surface area contributed by atoms with E-state index < -0.39 is 203 Å². The van der Waals surface area contributed by atoms with Gasteiger partial charge in [0.15, 0.2) is 18.9 Å². The third-order valence-electron chi connectivity index (χ3n) is 19.5. The van der Waals surface area contributed by atoms with Crippen LogP contribution in [-0.4, -0.2) is 270 Å². The molecule has 30 heteroatoms. The van der Waals surface area contributed by atoms with Gasteiger partial charge < -0.3 is 120 Å². The molecule has 18 atom stereocenters. The molecule has 105 heavy (non-hydrogen) atoms. The number of aliphatic hydroxyl groups excluding tert-OH is 9. The lowest BCUT2D eigenvalue weighted by molar-refractivity contribution is -0.276. The van der Waals surface area contributed by atoms with Crippen LogP contribution in [-0.2, 0) is 71.4 Å². The van der Waals surface area contributed by atoms with Crippen LogP contribution < -0.4 is 31.9 Å². The van der Waals surface area contributed by atoms with Gasteiger partial charge in [-0.1, -0.05) is 125 Å². The van der Waals surface area contributed by atoms with Crippen LogP contribution in [0.1, 0.15) is 205 Å². The van der Waals surface area contributed by atoms with Crippen molar-refractivity contribution >= 4 is 35.4 Å². The zero-order valence-corrected chi connectivity index (χ0v) is 67.6. The molecule has 30 nitrogen and oxygen atoms in total. The summed E-state index contributed by atoms with van der Waals surface area (Å²) in [5.41, 5.74) is -5.73. The minimum atomic E-state index is -1.46. The van der Waals surface area contributed by atoms with Crippen LogP contribution >= 0.6 is 0 Å². The monoisotopic (exact) mass is 1510 g/mol. The Morgan fingerprint density at radius 2 is 0.610 bits per heavy atom. The van der Waals surface area contributed by atoms with Gasteiger partial charge in [-0.25, -0.2) is 0 Å². The molecule has 6 amide bonds. The van der Waals surface area contributed by atoms with Gasteiger partial charge in [0.05, 0.1) is 71.2 Å². The molecule has 0 aromatic heterocycles. The highest BCUT2D eigenvalue weighted by molar-refractivity contribution is 5.83. The maximum atomic E-state index is 14.2. The first kappa shape index (κ1) is 95.3. The van der Waals surface area contributed by atoms with E-state index in [2.05, 4.69) is 31.9 Å². The van der Waals surface area contributed by atoms with E-state index in [4.69, 9.17) is 42.6 Å². The topological polar surface area (TPSA) is 440 Å². The highest BCUT2D eigenvalue weighted by atomic mass is 16.7. The van der Waals surface area contributed by atoms with Gasteiger partial charge >= 0.3 is 0 Å². The maximum Gasteiger partial charge on any atom is 0.225 e. The van der Waals surface area contributed by atoms with E-state index in [0.717, 1.165) is 0 Å². The van der Waals surface area contributed by atoms with Crippen molar-refractivity contribution < 1.29 is 117 Å². The molecule has 3 aliphatic rings. The number of carbonyl (C=O) groups excluding carboxylic acids is 6. The van der Waals surface area contributed by atoms with E-state index in [1.807, 2.05) is 145 Å². The van der Waals surface area contributed by atoms with Crippen molar-refractivity contribution in [3.05, 3.63) is 0 Å². The van der Waals surface area contributed by atoms with Crippen LogP contribution in [0.5, 0.6) is 0 Å². The van der Waals surface area contributed by atoms with Crippen molar-refractivity contribution in [2.45, 2.75) is 321 Å². The summed E-state index contributed by atoms with van der Waals surface area (Å²) in [5.74, 6) is -2.00. The van der Waals surface area contributed by atoms with Crippen molar-refractivity contribution in [3.63, 3.8) is 0 Å². The lowest BCUT2D eigenvalue weighted by Gasteiger charge is -2.43. The summed E-state index contributed by atoms with van der Waals surface area (Å²) in [6.07, 6.45) is -15.2. The van der Waals surface area contributed by atoms with Crippen LogP contribution in [0.4, 0.5) is 0 Å². The third-order valence-corrected chi connectivity index (χ3v) is 19.5. The molecule has 0 aromatic carbocycles. The Labute approximate surface area is 624 Å². The Kier molecular flexibility index (Phi) is 36.2. The molecule has 15 N–H and O–H groups in total. The van der Waals surface area contributed by atoms with Crippen molar-refractivity contribution in [1.29, 1.82) is 0 Å². The van der Waals surface area contributed by atoms with Crippen molar-refractivity contribution in [2.24, 2.45) is 48.7 Å². The summed E-state index contributed by atoms with van der Waals surface area (Å²) in [6.45, 7) is 44.0. The molecule has 3 heterocycles. The predicted molar refractivity (Wildman–Crippen MR) is 390 cm³/mol. The van der Waals surface area contributed by atoms with E-state index in [0.29, 0.717) is 51.7 Å². The highest BCUT2D eigenvalue weighted by Crippen LogP contribution is 2.40. The molecule has 0 radical (unpaired) electrons. The molecule has 0 spiro atoms. The maximum absolute atomic E-state index is 14.2. The molecular weight excluding hydrogens is 1370 g/mol. The largest absolute Gasteiger partial charge is 0.394 e. The first-order valence-corrected chi connectivity index (χ1v) is 37.2. The summed E-state index contributed by atoms with van der Waals surface area (Å²) < 4.78 is 55.6. The number of hydrogen-bond acceptors (Lipinski definition) is 24. The van der Waals surface area contributed by atoms with Gasteiger partial charge in [0.1, 0.15) is 79.2 Å².